The minimum absolute atomic E-state index is 0.445. The second-order valence-corrected chi connectivity index (χ2v) is 5.25. The van der Waals surface area contributed by atoms with Gasteiger partial charge in [0.2, 0.25) is 0 Å². The van der Waals surface area contributed by atoms with E-state index in [4.69, 9.17) is 10.3 Å². The summed E-state index contributed by atoms with van der Waals surface area (Å²) in [4.78, 5) is 4.41. The molecule has 3 N–H and O–H groups in total. The van der Waals surface area contributed by atoms with Crippen LogP contribution in [0.2, 0.25) is 0 Å². The van der Waals surface area contributed by atoms with Crippen LogP contribution in [0, 0.1) is 5.92 Å². The lowest BCUT2D eigenvalue weighted by molar-refractivity contribution is 0.222. The topological polar surface area (TPSA) is 93.6 Å². The summed E-state index contributed by atoms with van der Waals surface area (Å²) < 4.78 is 5.25. The molecule has 0 radical (unpaired) electrons. The Hall–Kier alpha value is -1.69. The van der Waals surface area contributed by atoms with Gasteiger partial charge < -0.3 is 10.3 Å². The normalized spacial score (nSPS) is 28.4. The number of hydrogen-bond acceptors (Lipinski definition) is 5. The second kappa shape index (κ2) is 4.20. The maximum atomic E-state index is 6.43. The molecule has 2 aromatic heterocycles. The van der Waals surface area contributed by atoms with E-state index in [2.05, 4.69) is 27.3 Å². The van der Waals surface area contributed by atoms with Crippen LogP contribution in [0.1, 0.15) is 38.4 Å². The van der Waals surface area contributed by atoms with E-state index in [1.807, 2.05) is 0 Å². The summed E-state index contributed by atoms with van der Waals surface area (Å²) in [5.74, 6) is 1.67. The Kier molecular flexibility index (Phi) is 2.66. The van der Waals surface area contributed by atoms with Gasteiger partial charge in [-0.1, -0.05) is 24.9 Å². The highest BCUT2D eigenvalue weighted by atomic mass is 16.5. The van der Waals surface area contributed by atoms with Gasteiger partial charge in [0, 0.05) is 6.20 Å². The second-order valence-electron chi connectivity index (χ2n) is 5.25. The minimum atomic E-state index is -0.445. The first-order valence-corrected chi connectivity index (χ1v) is 6.30. The van der Waals surface area contributed by atoms with Gasteiger partial charge in [-0.2, -0.15) is 10.1 Å². The van der Waals surface area contributed by atoms with Crippen LogP contribution in [-0.4, -0.2) is 20.3 Å². The highest BCUT2D eigenvalue weighted by molar-refractivity contribution is 5.44. The van der Waals surface area contributed by atoms with Gasteiger partial charge >= 0.3 is 0 Å². The Labute approximate surface area is 105 Å². The number of nitrogens with two attached hydrogens (primary N) is 1. The van der Waals surface area contributed by atoms with Gasteiger partial charge in [-0.15, -0.1) is 0 Å². The molecule has 0 aliphatic heterocycles. The molecule has 2 heterocycles. The first kappa shape index (κ1) is 11.4. The third kappa shape index (κ3) is 1.92. The lowest BCUT2D eigenvalue weighted by Gasteiger charge is -2.33. The third-order valence-electron chi connectivity index (χ3n) is 3.64. The number of H-pyrrole nitrogens is 1. The van der Waals surface area contributed by atoms with E-state index >= 15 is 0 Å². The first-order chi connectivity index (χ1) is 8.67. The fourth-order valence-corrected chi connectivity index (χ4v) is 2.71. The molecule has 2 aromatic rings. The molecule has 6 heteroatoms. The summed E-state index contributed by atoms with van der Waals surface area (Å²) in [5, 5.41) is 10.7. The quantitative estimate of drug-likeness (QED) is 0.844. The van der Waals surface area contributed by atoms with Crippen molar-refractivity contribution in [2.24, 2.45) is 11.7 Å². The van der Waals surface area contributed by atoms with Crippen molar-refractivity contribution in [2.45, 2.75) is 38.1 Å². The van der Waals surface area contributed by atoms with Crippen molar-refractivity contribution in [2.75, 3.05) is 0 Å². The van der Waals surface area contributed by atoms with Crippen molar-refractivity contribution < 1.29 is 4.52 Å². The Bertz CT molecular complexity index is 520. The number of nitrogens with one attached hydrogen (secondary N) is 1. The van der Waals surface area contributed by atoms with Gasteiger partial charge in [-0.25, -0.2) is 0 Å². The number of rotatable bonds is 2. The summed E-state index contributed by atoms with van der Waals surface area (Å²) >= 11 is 0. The molecule has 2 atom stereocenters. The first-order valence-electron chi connectivity index (χ1n) is 6.30. The fraction of sp³-hybridized carbons (Fsp3) is 0.583. The fourth-order valence-electron chi connectivity index (χ4n) is 2.71. The molecule has 0 saturated heterocycles. The zero-order valence-corrected chi connectivity index (χ0v) is 10.4. The number of aromatic amines is 1. The zero-order valence-electron chi connectivity index (χ0n) is 10.4. The third-order valence-corrected chi connectivity index (χ3v) is 3.64. The monoisotopic (exact) mass is 247 g/mol. The Balaban J connectivity index is 1.88. The van der Waals surface area contributed by atoms with E-state index in [9.17, 15) is 0 Å². The van der Waals surface area contributed by atoms with Crippen molar-refractivity contribution in [1.82, 2.24) is 20.3 Å². The Morgan fingerprint density at radius 1 is 1.56 bits per heavy atom. The molecule has 96 valence electrons. The molecule has 0 bridgehead atoms. The van der Waals surface area contributed by atoms with E-state index in [1.54, 1.807) is 12.3 Å². The molecular formula is C12H17N5O. The minimum Gasteiger partial charge on any atom is -0.332 e. The number of hydrogen-bond donors (Lipinski definition) is 2. The average molecular weight is 247 g/mol. The predicted octanol–water partition coefficient (Wildman–Crippen LogP) is 1.82. The highest BCUT2D eigenvalue weighted by Crippen LogP contribution is 2.36. The maximum Gasteiger partial charge on any atom is 0.275 e. The highest BCUT2D eigenvalue weighted by Gasteiger charge is 2.37. The SMILES string of the molecule is CC1CCCC(N)(c2noc(-c3ccn[nH]3)n2)C1. The van der Waals surface area contributed by atoms with Gasteiger partial charge in [0.25, 0.3) is 5.89 Å². The lowest BCUT2D eigenvalue weighted by atomic mass is 9.76. The van der Waals surface area contributed by atoms with Gasteiger partial charge in [0.15, 0.2) is 5.82 Å². The Morgan fingerprint density at radius 2 is 2.44 bits per heavy atom. The molecule has 6 nitrogen and oxygen atoms in total. The van der Waals surface area contributed by atoms with Crippen LogP contribution in [0.4, 0.5) is 0 Å². The van der Waals surface area contributed by atoms with E-state index in [0.29, 0.717) is 17.6 Å². The van der Waals surface area contributed by atoms with Crippen molar-refractivity contribution in [3.8, 4) is 11.6 Å². The molecule has 0 amide bonds. The van der Waals surface area contributed by atoms with Crippen LogP contribution in [0.5, 0.6) is 0 Å². The van der Waals surface area contributed by atoms with Crippen LogP contribution in [0.25, 0.3) is 11.6 Å². The summed E-state index contributed by atoms with van der Waals surface area (Å²) in [6.07, 6.45) is 5.82. The largest absolute Gasteiger partial charge is 0.332 e. The summed E-state index contributed by atoms with van der Waals surface area (Å²) in [7, 11) is 0. The predicted molar refractivity (Wildman–Crippen MR) is 65.4 cm³/mol. The molecule has 1 aliphatic rings. The molecule has 1 fully saturated rings. The van der Waals surface area contributed by atoms with Gasteiger partial charge in [-0.05, 0) is 24.8 Å². The summed E-state index contributed by atoms with van der Waals surface area (Å²) in [6.45, 7) is 2.22. The molecular weight excluding hydrogens is 230 g/mol. The van der Waals surface area contributed by atoms with Gasteiger partial charge in [0.1, 0.15) is 5.69 Å². The molecule has 0 spiro atoms. The van der Waals surface area contributed by atoms with E-state index in [1.165, 1.54) is 6.42 Å². The number of nitrogens with zero attached hydrogens (tertiary/aromatic N) is 3. The van der Waals surface area contributed by atoms with Crippen LogP contribution >= 0.6 is 0 Å². The lowest BCUT2D eigenvalue weighted by Crippen LogP contribution is -2.42. The maximum absolute atomic E-state index is 6.43. The van der Waals surface area contributed by atoms with Crippen molar-refractivity contribution in [1.29, 1.82) is 0 Å². The zero-order chi connectivity index (χ0) is 12.6. The molecule has 0 aromatic carbocycles. The van der Waals surface area contributed by atoms with Crippen LogP contribution in [0.3, 0.4) is 0 Å². The van der Waals surface area contributed by atoms with Crippen LogP contribution in [-0.2, 0) is 5.54 Å². The summed E-state index contributed by atoms with van der Waals surface area (Å²) in [6, 6.07) is 1.80. The van der Waals surface area contributed by atoms with Crippen LogP contribution in [0.15, 0.2) is 16.8 Å². The van der Waals surface area contributed by atoms with Crippen molar-refractivity contribution >= 4 is 0 Å². The van der Waals surface area contributed by atoms with E-state index in [0.717, 1.165) is 25.0 Å². The molecule has 18 heavy (non-hydrogen) atoms. The average Bonchev–Trinajstić information content (AvgIpc) is 3.00. The van der Waals surface area contributed by atoms with Gasteiger partial charge in [0.05, 0.1) is 5.54 Å². The van der Waals surface area contributed by atoms with Crippen molar-refractivity contribution in [3.63, 3.8) is 0 Å². The smallest absolute Gasteiger partial charge is 0.275 e. The van der Waals surface area contributed by atoms with E-state index in [-0.39, 0.29) is 0 Å². The summed E-state index contributed by atoms with van der Waals surface area (Å²) in [5.41, 5.74) is 6.71. The Morgan fingerprint density at radius 3 is 3.17 bits per heavy atom. The molecule has 1 aliphatic carbocycles. The molecule has 2 unspecified atom stereocenters. The molecule has 3 rings (SSSR count). The van der Waals surface area contributed by atoms with E-state index < -0.39 is 5.54 Å². The van der Waals surface area contributed by atoms with Crippen molar-refractivity contribution in [3.05, 3.63) is 18.1 Å². The standard InChI is InChI=1S/C12H17N5O/c1-8-3-2-5-12(13,7-8)11-15-10(18-17-11)9-4-6-14-16-9/h4,6,8H,2-3,5,7,13H2,1H3,(H,14,16). The number of aromatic nitrogens is 4. The van der Waals surface area contributed by atoms with Gasteiger partial charge in [-0.3, -0.25) is 5.10 Å². The molecule has 1 saturated carbocycles. The van der Waals surface area contributed by atoms with Crippen LogP contribution < -0.4 is 5.73 Å².